The zero-order chi connectivity index (χ0) is 20.5. The van der Waals surface area contributed by atoms with Gasteiger partial charge in [-0.15, -0.1) is 0 Å². The number of sulfonamides is 1. The third-order valence-corrected chi connectivity index (χ3v) is 7.42. The van der Waals surface area contributed by atoms with Crippen molar-refractivity contribution < 1.29 is 17.7 Å². The third-order valence-electron chi connectivity index (χ3n) is 4.47. The number of hydrogen-bond donors (Lipinski definition) is 1. The van der Waals surface area contributed by atoms with Gasteiger partial charge in [-0.25, -0.2) is 8.42 Å². The van der Waals surface area contributed by atoms with Gasteiger partial charge in [0.2, 0.25) is 15.9 Å². The number of anilines is 1. The molecule has 0 unspecified atom stereocenters. The molecule has 1 amide bonds. The molecule has 0 atom stereocenters. The van der Waals surface area contributed by atoms with E-state index in [1.54, 1.807) is 32.0 Å². The number of piperazine rings is 1. The number of carbonyl (C=O) groups excluding carboxylic acids is 1. The van der Waals surface area contributed by atoms with Crippen LogP contribution >= 0.6 is 27.5 Å². The van der Waals surface area contributed by atoms with E-state index >= 15 is 0 Å². The first-order valence-corrected chi connectivity index (χ1v) is 11.2. The van der Waals surface area contributed by atoms with E-state index in [1.165, 1.54) is 4.31 Å². The van der Waals surface area contributed by atoms with Crippen molar-refractivity contribution in [3.05, 3.63) is 39.1 Å². The van der Waals surface area contributed by atoms with Crippen LogP contribution in [0.5, 0.6) is 0 Å². The van der Waals surface area contributed by atoms with Crippen LogP contribution in [0, 0.1) is 13.8 Å². The van der Waals surface area contributed by atoms with Gasteiger partial charge in [-0.3, -0.25) is 9.69 Å². The summed E-state index contributed by atoms with van der Waals surface area (Å²) >= 11 is 9.43. The highest BCUT2D eigenvalue weighted by Gasteiger charge is 2.33. The van der Waals surface area contributed by atoms with Crippen LogP contribution in [-0.2, 0) is 14.8 Å². The smallest absolute Gasteiger partial charge is 0.248 e. The van der Waals surface area contributed by atoms with Crippen LogP contribution in [-0.4, -0.2) is 61.4 Å². The Hall–Kier alpha value is -1.46. The molecular weight excluding hydrogens is 472 g/mol. The molecule has 1 aromatic carbocycles. The SMILES string of the molecule is Cc1noc(C)c1S(=O)(=O)N1CCN(CC(=O)Nc2ccc(Br)cc2Cl)CC1. The van der Waals surface area contributed by atoms with Crippen molar-refractivity contribution >= 4 is 49.1 Å². The van der Waals surface area contributed by atoms with Gasteiger partial charge in [0, 0.05) is 30.7 Å². The number of rotatable bonds is 5. The highest BCUT2D eigenvalue weighted by Crippen LogP contribution is 2.26. The van der Waals surface area contributed by atoms with Gasteiger partial charge in [0.1, 0.15) is 10.6 Å². The van der Waals surface area contributed by atoms with E-state index in [0.29, 0.717) is 42.6 Å². The fourth-order valence-electron chi connectivity index (χ4n) is 3.08. The lowest BCUT2D eigenvalue weighted by atomic mass is 10.3. The van der Waals surface area contributed by atoms with Crippen LogP contribution in [0.4, 0.5) is 5.69 Å². The minimum Gasteiger partial charge on any atom is -0.360 e. The first kappa shape index (κ1) is 21.3. The van der Waals surface area contributed by atoms with Crippen molar-refractivity contribution in [2.24, 2.45) is 0 Å². The van der Waals surface area contributed by atoms with Crippen LogP contribution in [0.25, 0.3) is 0 Å². The predicted molar refractivity (Wildman–Crippen MR) is 109 cm³/mol. The molecule has 3 rings (SSSR count). The van der Waals surface area contributed by atoms with Crippen LogP contribution < -0.4 is 5.32 Å². The molecule has 28 heavy (non-hydrogen) atoms. The summed E-state index contributed by atoms with van der Waals surface area (Å²) in [5, 5.41) is 6.95. The Morgan fingerprint density at radius 1 is 1.29 bits per heavy atom. The summed E-state index contributed by atoms with van der Waals surface area (Å²) in [4.78, 5) is 14.3. The third kappa shape index (κ3) is 4.57. The standard InChI is InChI=1S/C17H20BrClN4O4S/c1-11-17(12(2)27-21-11)28(25,26)23-7-5-22(6-8-23)10-16(24)20-15-4-3-13(18)9-14(15)19/h3-4,9H,5-8,10H2,1-2H3,(H,20,24). The summed E-state index contributed by atoms with van der Waals surface area (Å²) in [6.45, 7) is 4.83. The molecule has 2 heterocycles. The lowest BCUT2D eigenvalue weighted by Crippen LogP contribution is -2.50. The number of aromatic nitrogens is 1. The second-order valence-corrected chi connectivity index (χ2v) is 9.70. The minimum absolute atomic E-state index is 0.128. The molecule has 1 N–H and O–H groups in total. The van der Waals surface area contributed by atoms with Gasteiger partial charge < -0.3 is 9.84 Å². The summed E-state index contributed by atoms with van der Waals surface area (Å²) in [7, 11) is -3.66. The second-order valence-electron chi connectivity index (χ2n) is 6.51. The van der Waals surface area contributed by atoms with Crippen LogP contribution in [0.15, 0.2) is 32.1 Å². The van der Waals surface area contributed by atoms with Gasteiger partial charge in [0.15, 0.2) is 5.76 Å². The molecule has 1 aliphatic rings. The molecule has 1 fully saturated rings. The normalized spacial score (nSPS) is 16.3. The Morgan fingerprint density at radius 2 is 1.96 bits per heavy atom. The molecule has 8 nitrogen and oxygen atoms in total. The molecule has 11 heteroatoms. The largest absolute Gasteiger partial charge is 0.360 e. The lowest BCUT2D eigenvalue weighted by molar-refractivity contribution is -0.117. The van der Waals surface area contributed by atoms with Crippen molar-refractivity contribution in [1.29, 1.82) is 0 Å². The van der Waals surface area contributed by atoms with Gasteiger partial charge in [0.25, 0.3) is 0 Å². The molecular formula is C17H20BrClN4O4S. The lowest BCUT2D eigenvalue weighted by Gasteiger charge is -2.33. The molecule has 0 saturated carbocycles. The highest BCUT2D eigenvalue weighted by molar-refractivity contribution is 9.10. The molecule has 1 aliphatic heterocycles. The average Bonchev–Trinajstić information content (AvgIpc) is 2.97. The van der Waals surface area contributed by atoms with E-state index in [1.807, 2.05) is 4.90 Å². The summed E-state index contributed by atoms with van der Waals surface area (Å²) in [6, 6.07) is 5.22. The molecule has 0 radical (unpaired) electrons. The molecule has 1 aromatic heterocycles. The molecule has 1 saturated heterocycles. The summed E-state index contributed by atoms with van der Waals surface area (Å²) < 4.78 is 32.9. The summed E-state index contributed by atoms with van der Waals surface area (Å²) in [5.74, 6) is 0.0805. The number of nitrogens with one attached hydrogen (secondary N) is 1. The van der Waals surface area contributed by atoms with Gasteiger partial charge in [0.05, 0.1) is 17.3 Å². The second kappa shape index (κ2) is 8.50. The topological polar surface area (TPSA) is 95.8 Å². The van der Waals surface area contributed by atoms with E-state index in [4.69, 9.17) is 16.1 Å². The minimum atomic E-state index is -3.66. The fraction of sp³-hybridized carbons (Fsp3) is 0.412. The van der Waals surface area contributed by atoms with Crippen molar-refractivity contribution in [3.63, 3.8) is 0 Å². The van der Waals surface area contributed by atoms with Crippen LogP contribution in [0.2, 0.25) is 5.02 Å². The maximum Gasteiger partial charge on any atom is 0.248 e. The molecule has 0 bridgehead atoms. The molecule has 0 aliphatic carbocycles. The maximum atomic E-state index is 12.8. The van der Waals surface area contributed by atoms with Crippen LogP contribution in [0.1, 0.15) is 11.5 Å². The van der Waals surface area contributed by atoms with E-state index in [2.05, 4.69) is 26.4 Å². The van der Waals surface area contributed by atoms with Crippen molar-refractivity contribution in [2.75, 3.05) is 38.0 Å². The maximum absolute atomic E-state index is 12.8. The van der Waals surface area contributed by atoms with E-state index < -0.39 is 10.0 Å². The summed E-state index contributed by atoms with van der Waals surface area (Å²) in [5.41, 5.74) is 0.889. The number of carbonyl (C=O) groups is 1. The number of halogens is 2. The van der Waals surface area contributed by atoms with Crippen molar-refractivity contribution in [3.8, 4) is 0 Å². The van der Waals surface area contributed by atoms with Gasteiger partial charge in [-0.2, -0.15) is 4.31 Å². The van der Waals surface area contributed by atoms with Gasteiger partial charge >= 0.3 is 0 Å². The number of benzene rings is 1. The van der Waals surface area contributed by atoms with Crippen LogP contribution in [0.3, 0.4) is 0 Å². The first-order valence-electron chi connectivity index (χ1n) is 8.59. The monoisotopic (exact) mass is 490 g/mol. The summed E-state index contributed by atoms with van der Waals surface area (Å²) in [6.07, 6.45) is 0. The number of amides is 1. The highest BCUT2D eigenvalue weighted by atomic mass is 79.9. The van der Waals surface area contributed by atoms with E-state index in [9.17, 15) is 13.2 Å². The zero-order valence-corrected chi connectivity index (χ0v) is 18.6. The Balaban J connectivity index is 1.57. The Kier molecular flexibility index (Phi) is 6.45. The Labute approximate surface area is 177 Å². The Morgan fingerprint density at radius 3 is 2.54 bits per heavy atom. The first-order chi connectivity index (χ1) is 13.2. The predicted octanol–water partition coefficient (Wildman–Crippen LogP) is 2.65. The van der Waals surface area contributed by atoms with Gasteiger partial charge in [-0.05, 0) is 32.0 Å². The number of nitrogens with zero attached hydrogens (tertiary/aromatic N) is 3. The van der Waals surface area contributed by atoms with E-state index in [-0.39, 0.29) is 23.1 Å². The Bertz CT molecular complexity index is 968. The van der Waals surface area contributed by atoms with Crippen molar-refractivity contribution in [2.45, 2.75) is 18.7 Å². The zero-order valence-electron chi connectivity index (χ0n) is 15.4. The molecule has 0 spiro atoms. The van der Waals surface area contributed by atoms with Gasteiger partial charge in [-0.1, -0.05) is 32.7 Å². The fourth-order valence-corrected chi connectivity index (χ4v) is 5.52. The average molecular weight is 492 g/mol. The molecule has 152 valence electrons. The van der Waals surface area contributed by atoms with E-state index in [0.717, 1.165) is 4.47 Å². The van der Waals surface area contributed by atoms with Crippen molar-refractivity contribution in [1.82, 2.24) is 14.4 Å². The molecule has 2 aromatic rings. The quantitative estimate of drug-likeness (QED) is 0.691. The number of hydrogen-bond acceptors (Lipinski definition) is 6. The number of aryl methyl sites for hydroxylation is 2.